The van der Waals surface area contributed by atoms with E-state index in [0.29, 0.717) is 15.4 Å². The average Bonchev–Trinajstić information content (AvgIpc) is 2.52. The van der Waals surface area contributed by atoms with E-state index in [-0.39, 0.29) is 12.6 Å². The molecule has 5 nitrogen and oxygen atoms in total. The minimum Gasteiger partial charge on any atom is -0.474 e. The summed E-state index contributed by atoms with van der Waals surface area (Å²) in [5.41, 5.74) is 0.325. The van der Waals surface area contributed by atoms with Crippen LogP contribution in [0.1, 0.15) is 32.4 Å². The largest absolute Gasteiger partial charge is 0.474 e. The van der Waals surface area contributed by atoms with Crippen LogP contribution in [0.4, 0.5) is 4.79 Å². The molecule has 1 amide bonds. The number of pyridine rings is 1. The van der Waals surface area contributed by atoms with Crippen molar-refractivity contribution in [2.45, 2.75) is 32.4 Å². The first kappa shape index (κ1) is 19.5. The number of amides is 1. The van der Waals surface area contributed by atoms with E-state index in [0.717, 1.165) is 5.56 Å². The van der Waals surface area contributed by atoms with Gasteiger partial charge >= 0.3 is 6.09 Å². The van der Waals surface area contributed by atoms with E-state index in [2.05, 4.69) is 26.2 Å². The Balaban J connectivity index is 2.11. The van der Waals surface area contributed by atoms with Gasteiger partial charge in [0.1, 0.15) is 12.2 Å². The van der Waals surface area contributed by atoms with Crippen molar-refractivity contribution in [1.29, 1.82) is 0 Å². The van der Waals surface area contributed by atoms with Gasteiger partial charge in [-0.3, -0.25) is 0 Å². The molecule has 0 spiro atoms. The lowest BCUT2D eigenvalue weighted by Crippen LogP contribution is -2.37. The number of alkyl carbamates (subject to hydrolysis) is 1. The second kappa shape index (κ2) is 8.54. The number of halogens is 2. The van der Waals surface area contributed by atoms with Gasteiger partial charge in [-0.15, -0.1) is 0 Å². The Hall–Kier alpha value is -1.79. The van der Waals surface area contributed by atoms with Gasteiger partial charge in [0.15, 0.2) is 0 Å². The van der Waals surface area contributed by atoms with Gasteiger partial charge in [-0.1, -0.05) is 41.9 Å². The van der Waals surface area contributed by atoms with Gasteiger partial charge in [0.05, 0.1) is 15.5 Å². The molecule has 0 saturated heterocycles. The molecule has 134 valence electrons. The van der Waals surface area contributed by atoms with Gasteiger partial charge in [-0.2, -0.15) is 0 Å². The molecule has 0 aliphatic carbocycles. The highest BCUT2D eigenvalue weighted by atomic mass is 79.9. The summed E-state index contributed by atoms with van der Waals surface area (Å²) < 4.78 is 11.7. The summed E-state index contributed by atoms with van der Waals surface area (Å²) in [6, 6.07) is 10.8. The van der Waals surface area contributed by atoms with E-state index >= 15 is 0 Å². The van der Waals surface area contributed by atoms with Gasteiger partial charge in [-0.25, -0.2) is 9.78 Å². The number of carbonyl (C=O) groups is 1. The number of hydrogen-bond acceptors (Lipinski definition) is 4. The lowest BCUT2D eigenvalue weighted by molar-refractivity contribution is 0.0486. The molecule has 0 saturated carbocycles. The molecule has 1 N–H and O–H groups in total. The molecule has 2 rings (SSSR count). The molecule has 1 unspecified atom stereocenters. The van der Waals surface area contributed by atoms with E-state index in [1.165, 1.54) is 6.20 Å². The molecule has 0 radical (unpaired) electrons. The van der Waals surface area contributed by atoms with Crippen molar-refractivity contribution in [2.24, 2.45) is 0 Å². The van der Waals surface area contributed by atoms with Gasteiger partial charge < -0.3 is 14.8 Å². The van der Waals surface area contributed by atoms with Crippen LogP contribution in [-0.2, 0) is 4.74 Å². The molecule has 0 fully saturated rings. The van der Waals surface area contributed by atoms with E-state index in [1.54, 1.807) is 6.07 Å². The van der Waals surface area contributed by atoms with Crippen molar-refractivity contribution in [3.05, 3.63) is 57.7 Å². The molecular formula is C18H20BrClN2O3. The number of rotatable bonds is 5. The van der Waals surface area contributed by atoms with Crippen LogP contribution in [0.3, 0.4) is 0 Å². The Kier molecular flexibility index (Phi) is 6.67. The summed E-state index contributed by atoms with van der Waals surface area (Å²) in [7, 11) is 0. The summed E-state index contributed by atoms with van der Waals surface area (Å²) >= 11 is 9.24. The zero-order chi connectivity index (χ0) is 18.4. The van der Waals surface area contributed by atoms with Crippen molar-refractivity contribution in [1.82, 2.24) is 10.3 Å². The van der Waals surface area contributed by atoms with Crippen LogP contribution < -0.4 is 10.1 Å². The standard InChI is InChI=1S/C18H20BrClN2O3/c1-18(2,3)25-17(23)22-15(12-7-5-4-6-8-12)11-24-16-14(19)9-13(20)10-21-16/h4-10,15H,11H2,1-3H3,(H,22,23). The zero-order valence-corrected chi connectivity index (χ0v) is 16.6. The Bertz CT molecular complexity index is 720. The fourth-order valence-corrected chi connectivity index (χ4v) is 2.78. The third-order valence-electron chi connectivity index (χ3n) is 3.05. The Morgan fingerprint density at radius 1 is 1.32 bits per heavy atom. The number of benzene rings is 1. The highest BCUT2D eigenvalue weighted by molar-refractivity contribution is 9.10. The van der Waals surface area contributed by atoms with E-state index < -0.39 is 11.7 Å². The third kappa shape index (κ3) is 6.55. The van der Waals surface area contributed by atoms with Crippen molar-refractivity contribution in [3.8, 4) is 5.88 Å². The normalized spacial score (nSPS) is 12.4. The third-order valence-corrected chi connectivity index (χ3v) is 3.83. The van der Waals surface area contributed by atoms with Crippen LogP contribution in [0, 0.1) is 0 Å². The number of carbonyl (C=O) groups excluding carboxylic acids is 1. The second-order valence-corrected chi connectivity index (χ2v) is 7.65. The molecule has 25 heavy (non-hydrogen) atoms. The average molecular weight is 428 g/mol. The van der Waals surface area contributed by atoms with Gasteiger partial charge in [-0.05, 0) is 48.3 Å². The quantitative estimate of drug-likeness (QED) is 0.717. The van der Waals surface area contributed by atoms with E-state index in [4.69, 9.17) is 21.1 Å². The van der Waals surface area contributed by atoms with Crippen LogP contribution in [0.25, 0.3) is 0 Å². The van der Waals surface area contributed by atoms with Crippen LogP contribution in [0.2, 0.25) is 5.02 Å². The summed E-state index contributed by atoms with van der Waals surface area (Å²) in [6.07, 6.45) is 0.994. The SMILES string of the molecule is CC(C)(C)OC(=O)NC(COc1ncc(Cl)cc1Br)c1ccccc1. The van der Waals surface area contributed by atoms with E-state index in [1.807, 2.05) is 51.1 Å². The summed E-state index contributed by atoms with van der Waals surface area (Å²) in [5, 5.41) is 3.34. The monoisotopic (exact) mass is 426 g/mol. The Labute approximate surface area is 160 Å². The molecule has 0 aliphatic rings. The fourth-order valence-electron chi connectivity index (χ4n) is 2.03. The number of aromatic nitrogens is 1. The first-order chi connectivity index (χ1) is 11.7. The van der Waals surface area contributed by atoms with Crippen molar-refractivity contribution >= 4 is 33.6 Å². The topological polar surface area (TPSA) is 60.5 Å². The molecule has 7 heteroatoms. The molecule has 0 bridgehead atoms. The predicted octanol–water partition coefficient (Wildman–Crippen LogP) is 5.14. The van der Waals surface area contributed by atoms with E-state index in [9.17, 15) is 4.79 Å². The highest BCUT2D eigenvalue weighted by Gasteiger charge is 2.21. The molecule has 2 aromatic rings. The van der Waals surface area contributed by atoms with Crippen LogP contribution in [0.5, 0.6) is 5.88 Å². The summed E-state index contributed by atoms with van der Waals surface area (Å²) in [4.78, 5) is 16.3. The summed E-state index contributed by atoms with van der Waals surface area (Å²) in [5.74, 6) is 0.399. The molecule has 1 aromatic carbocycles. The number of nitrogens with one attached hydrogen (secondary N) is 1. The lowest BCUT2D eigenvalue weighted by Gasteiger charge is -2.24. The molecule has 1 aromatic heterocycles. The minimum atomic E-state index is -0.576. The van der Waals surface area contributed by atoms with Crippen molar-refractivity contribution < 1.29 is 14.3 Å². The number of nitrogens with zero attached hydrogens (tertiary/aromatic N) is 1. The Morgan fingerprint density at radius 3 is 2.60 bits per heavy atom. The highest BCUT2D eigenvalue weighted by Crippen LogP contribution is 2.26. The molecule has 1 heterocycles. The predicted molar refractivity (Wildman–Crippen MR) is 101 cm³/mol. The summed E-state index contributed by atoms with van der Waals surface area (Å²) in [6.45, 7) is 5.64. The second-order valence-electron chi connectivity index (χ2n) is 6.36. The first-order valence-electron chi connectivity index (χ1n) is 7.73. The fraction of sp³-hybridized carbons (Fsp3) is 0.333. The number of hydrogen-bond donors (Lipinski definition) is 1. The van der Waals surface area contributed by atoms with Gasteiger partial charge in [0, 0.05) is 6.20 Å². The molecule has 1 atom stereocenters. The van der Waals surface area contributed by atoms with Crippen LogP contribution >= 0.6 is 27.5 Å². The van der Waals surface area contributed by atoms with Crippen molar-refractivity contribution in [3.63, 3.8) is 0 Å². The maximum atomic E-state index is 12.1. The Morgan fingerprint density at radius 2 is 2.00 bits per heavy atom. The minimum absolute atomic E-state index is 0.191. The molecule has 0 aliphatic heterocycles. The smallest absolute Gasteiger partial charge is 0.408 e. The lowest BCUT2D eigenvalue weighted by atomic mass is 10.1. The van der Waals surface area contributed by atoms with Crippen LogP contribution in [-0.4, -0.2) is 23.3 Å². The molecular weight excluding hydrogens is 408 g/mol. The zero-order valence-electron chi connectivity index (χ0n) is 14.3. The van der Waals surface area contributed by atoms with Crippen LogP contribution in [0.15, 0.2) is 47.1 Å². The van der Waals surface area contributed by atoms with Gasteiger partial charge in [0.25, 0.3) is 0 Å². The van der Waals surface area contributed by atoms with Crippen molar-refractivity contribution in [2.75, 3.05) is 6.61 Å². The first-order valence-corrected chi connectivity index (χ1v) is 8.90. The van der Waals surface area contributed by atoms with Gasteiger partial charge in [0.2, 0.25) is 5.88 Å². The number of ether oxygens (including phenoxy) is 2. The maximum Gasteiger partial charge on any atom is 0.408 e. The maximum absolute atomic E-state index is 12.1.